The Bertz CT molecular complexity index is 416. The second-order valence-corrected chi connectivity index (χ2v) is 5.10. The third kappa shape index (κ3) is 5.31. The Balaban J connectivity index is 2.70. The molecule has 3 N–H and O–H groups in total. The number of ether oxygens (including phenoxy) is 2. The first kappa shape index (κ1) is 18.4. The maximum atomic E-state index is 11.5. The summed E-state index contributed by atoms with van der Waals surface area (Å²) >= 11 is 0. The number of carbonyl (C=O) groups excluding carboxylic acids is 1. The number of nitrogens with two attached hydrogens (primary N) is 1. The normalized spacial score (nSPS) is 17.8. The van der Waals surface area contributed by atoms with Gasteiger partial charge in [0.15, 0.2) is 5.84 Å². The number of hydrogen-bond donors (Lipinski definition) is 2. The molecular formula is C15H26N2O5. The van der Waals surface area contributed by atoms with Crippen molar-refractivity contribution in [1.29, 1.82) is 0 Å². The van der Waals surface area contributed by atoms with E-state index in [2.05, 4.69) is 5.16 Å². The highest BCUT2D eigenvalue weighted by atomic mass is 16.6. The molecule has 7 nitrogen and oxygen atoms in total. The predicted octanol–water partition coefficient (Wildman–Crippen LogP) is 1.45. The first-order valence-corrected chi connectivity index (χ1v) is 7.71. The van der Waals surface area contributed by atoms with E-state index in [-0.39, 0.29) is 19.0 Å². The lowest BCUT2D eigenvalue weighted by atomic mass is 9.79. The number of rotatable bonds is 10. The van der Waals surface area contributed by atoms with Crippen molar-refractivity contribution in [1.82, 2.24) is 0 Å². The molecule has 0 aliphatic heterocycles. The maximum absolute atomic E-state index is 11.5. The number of amidine groups is 1. The molecule has 0 spiro atoms. The fourth-order valence-corrected chi connectivity index (χ4v) is 2.11. The quantitative estimate of drug-likeness (QED) is 0.158. The highest BCUT2D eigenvalue weighted by Crippen LogP contribution is 2.35. The summed E-state index contributed by atoms with van der Waals surface area (Å²) in [5.41, 5.74) is 5.31. The Kier molecular flexibility index (Phi) is 7.90. The molecule has 0 unspecified atom stereocenters. The number of carbonyl (C=O) groups is 1. The minimum atomic E-state index is -0.649. The molecule has 0 radical (unpaired) electrons. The Labute approximate surface area is 131 Å². The van der Waals surface area contributed by atoms with Crippen molar-refractivity contribution < 1.29 is 24.2 Å². The van der Waals surface area contributed by atoms with Gasteiger partial charge in [0.2, 0.25) is 0 Å². The van der Waals surface area contributed by atoms with Gasteiger partial charge in [-0.3, -0.25) is 0 Å². The van der Waals surface area contributed by atoms with Gasteiger partial charge in [-0.2, -0.15) is 0 Å². The summed E-state index contributed by atoms with van der Waals surface area (Å²) in [7, 11) is 0. The van der Waals surface area contributed by atoms with Crippen molar-refractivity contribution in [3.63, 3.8) is 0 Å². The Hall–Kier alpha value is -1.60. The van der Waals surface area contributed by atoms with E-state index in [1.165, 1.54) is 6.08 Å². The van der Waals surface area contributed by atoms with E-state index >= 15 is 0 Å². The molecule has 0 atom stereocenters. The Morgan fingerprint density at radius 2 is 2.14 bits per heavy atom. The summed E-state index contributed by atoms with van der Waals surface area (Å²) < 4.78 is 10.4. The molecular weight excluding hydrogens is 288 g/mol. The number of hydrogen-bond acceptors (Lipinski definition) is 6. The average Bonchev–Trinajstić information content (AvgIpc) is 2.44. The van der Waals surface area contributed by atoms with Gasteiger partial charge >= 0.3 is 5.97 Å². The van der Waals surface area contributed by atoms with Crippen molar-refractivity contribution in [3.8, 4) is 0 Å². The van der Waals surface area contributed by atoms with E-state index in [4.69, 9.17) is 25.2 Å². The van der Waals surface area contributed by atoms with Crippen LogP contribution in [0, 0.1) is 0 Å². The van der Waals surface area contributed by atoms with E-state index in [9.17, 15) is 4.79 Å². The van der Waals surface area contributed by atoms with E-state index in [1.807, 2.05) is 6.92 Å². The number of aliphatic hydroxyl groups excluding tert-OH is 1. The van der Waals surface area contributed by atoms with Gasteiger partial charge in [-0.25, -0.2) is 4.79 Å². The number of allylic oxidation sites excluding steroid dienone is 1. The SMILES string of the molecule is CCC/C(=C\C(=O)OCC)O/N=C(/N)C1(OCCO)CCC1. The van der Waals surface area contributed by atoms with E-state index < -0.39 is 11.6 Å². The monoisotopic (exact) mass is 314 g/mol. The van der Waals surface area contributed by atoms with E-state index in [1.54, 1.807) is 6.92 Å². The second kappa shape index (κ2) is 9.42. The molecule has 0 heterocycles. The lowest BCUT2D eigenvalue weighted by molar-refractivity contribution is -0.137. The van der Waals surface area contributed by atoms with Crippen LogP contribution in [0.2, 0.25) is 0 Å². The predicted molar refractivity (Wildman–Crippen MR) is 82.0 cm³/mol. The largest absolute Gasteiger partial charge is 0.463 e. The molecule has 1 aliphatic rings. The van der Waals surface area contributed by atoms with Crippen LogP contribution in [-0.4, -0.2) is 42.3 Å². The molecule has 0 aromatic heterocycles. The van der Waals surface area contributed by atoms with Crippen molar-refractivity contribution in [2.45, 2.75) is 51.6 Å². The topological polar surface area (TPSA) is 103 Å². The zero-order valence-corrected chi connectivity index (χ0v) is 13.3. The van der Waals surface area contributed by atoms with Crippen LogP contribution in [0.4, 0.5) is 0 Å². The van der Waals surface area contributed by atoms with Gasteiger partial charge in [-0.15, -0.1) is 0 Å². The van der Waals surface area contributed by atoms with Gasteiger partial charge in [0.25, 0.3) is 0 Å². The lowest BCUT2D eigenvalue weighted by Gasteiger charge is -2.40. The minimum absolute atomic E-state index is 0.0697. The van der Waals surface area contributed by atoms with Crippen LogP contribution in [0.25, 0.3) is 0 Å². The standard InChI is InChI=1S/C15H26N2O5/c1-3-6-12(11-13(19)20-4-2)22-17-14(16)15(7-5-8-15)21-10-9-18/h11,18H,3-10H2,1-2H3,(H2,16,17)/b12-11+. The van der Waals surface area contributed by atoms with Crippen LogP contribution in [0.5, 0.6) is 0 Å². The first-order chi connectivity index (χ1) is 10.6. The lowest BCUT2D eigenvalue weighted by Crippen LogP contribution is -2.52. The minimum Gasteiger partial charge on any atom is -0.463 e. The summed E-state index contributed by atoms with van der Waals surface area (Å²) in [6.45, 7) is 4.14. The molecule has 1 fully saturated rings. The van der Waals surface area contributed by atoms with E-state index in [0.717, 1.165) is 25.7 Å². The first-order valence-electron chi connectivity index (χ1n) is 7.71. The molecule has 1 aliphatic carbocycles. The zero-order chi connectivity index (χ0) is 16.4. The summed E-state index contributed by atoms with van der Waals surface area (Å²) in [5.74, 6) is 0.174. The van der Waals surface area contributed by atoms with Gasteiger partial charge in [0.05, 0.1) is 25.9 Å². The molecule has 0 amide bonds. The zero-order valence-electron chi connectivity index (χ0n) is 13.3. The van der Waals surface area contributed by atoms with Crippen molar-refractivity contribution >= 4 is 11.8 Å². The van der Waals surface area contributed by atoms with Crippen LogP contribution in [0.1, 0.15) is 46.0 Å². The number of nitrogens with zero attached hydrogens (tertiary/aromatic N) is 1. The summed E-state index contributed by atoms with van der Waals surface area (Å²) in [5, 5.41) is 12.8. The Morgan fingerprint density at radius 1 is 1.41 bits per heavy atom. The van der Waals surface area contributed by atoms with Gasteiger partial charge in [0, 0.05) is 6.42 Å². The van der Waals surface area contributed by atoms with Crippen LogP contribution in [0.15, 0.2) is 17.0 Å². The van der Waals surface area contributed by atoms with Gasteiger partial charge in [0.1, 0.15) is 11.4 Å². The van der Waals surface area contributed by atoms with Gasteiger partial charge in [-0.05, 0) is 32.6 Å². The van der Waals surface area contributed by atoms with Crippen molar-refractivity contribution in [2.24, 2.45) is 10.9 Å². The molecule has 0 saturated heterocycles. The van der Waals surface area contributed by atoms with Crippen molar-refractivity contribution in [3.05, 3.63) is 11.8 Å². The number of aliphatic hydroxyl groups is 1. The number of esters is 1. The summed E-state index contributed by atoms with van der Waals surface area (Å²) in [6.07, 6.45) is 5.12. The van der Waals surface area contributed by atoms with Crippen LogP contribution in [0.3, 0.4) is 0 Å². The van der Waals surface area contributed by atoms with E-state index in [0.29, 0.717) is 18.8 Å². The highest BCUT2D eigenvalue weighted by Gasteiger charge is 2.42. The second-order valence-electron chi connectivity index (χ2n) is 5.10. The van der Waals surface area contributed by atoms with Gasteiger partial charge in [-0.1, -0.05) is 12.1 Å². The highest BCUT2D eigenvalue weighted by molar-refractivity contribution is 5.89. The molecule has 0 aromatic rings. The maximum Gasteiger partial charge on any atom is 0.334 e. The summed E-state index contributed by atoms with van der Waals surface area (Å²) in [4.78, 5) is 16.8. The molecule has 1 saturated carbocycles. The van der Waals surface area contributed by atoms with Crippen molar-refractivity contribution in [2.75, 3.05) is 19.8 Å². The fraction of sp³-hybridized carbons (Fsp3) is 0.733. The average molecular weight is 314 g/mol. The molecule has 0 bridgehead atoms. The van der Waals surface area contributed by atoms with Gasteiger partial charge < -0.3 is 25.2 Å². The smallest absolute Gasteiger partial charge is 0.334 e. The van der Waals surface area contributed by atoms with Crippen LogP contribution >= 0.6 is 0 Å². The molecule has 7 heteroatoms. The third-order valence-electron chi connectivity index (χ3n) is 3.42. The Morgan fingerprint density at radius 3 is 2.64 bits per heavy atom. The molecule has 1 rings (SSSR count). The molecule has 126 valence electrons. The molecule has 0 aromatic carbocycles. The third-order valence-corrected chi connectivity index (χ3v) is 3.42. The molecule has 22 heavy (non-hydrogen) atoms. The summed E-state index contributed by atoms with van der Waals surface area (Å²) in [6, 6.07) is 0. The number of oxime groups is 1. The fourth-order valence-electron chi connectivity index (χ4n) is 2.11. The van der Waals surface area contributed by atoms with Crippen LogP contribution < -0.4 is 5.73 Å². The van der Waals surface area contributed by atoms with Crippen LogP contribution in [-0.2, 0) is 19.1 Å².